The van der Waals surface area contributed by atoms with E-state index in [0.29, 0.717) is 0 Å². The van der Waals surface area contributed by atoms with Crippen molar-refractivity contribution < 1.29 is 9.11 Å². The maximum atomic E-state index is 8.16. The van der Waals surface area contributed by atoms with Gasteiger partial charge in [-0.25, -0.2) is 10.6 Å². The predicted molar refractivity (Wildman–Crippen MR) is 51.1 cm³/mol. The summed E-state index contributed by atoms with van der Waals surface area (Å²) in [4.78, 5) is 0. The third-order valence-corrected chi connectivity index (χ3v) is 0.667. The topological polar surface area (TPSA) is 40.5 Å². The molecule has 2 nitrogen and oxygen atoms in total. The van der Waals surface area contributed by atoms with Gasteiger partial charge in [0.05, 0.1) is 0 Å². The van der Waals surface area contributed by atoms with E-state index >= 15 is 0 Å². The van der Waals surface area contributed by atoms with E-state index in [1.165, 1.54) is 12.5 Å². The molecule has 1 rings (SSSR count). The molecule has 0 saturated carbocycles. The summed E-state index contributed by atoms with van der Waals surface area (Å²) >= 11 is 0. The molecule has 0 aliphatic rings. The Hall–Kier alpha value is -0.510. The Kier molecular flexibility index (Phi) is 4.94. The van der Waals surface area contributed by atoms with Crippen LogP contribution in [-0.2, 0) is 0 Å². The van der Waals surface area contributed by atoms with E-state index in [-0.39, 0.29) is 0 Å². The second kappa shape index (κ2) is 5.18. The summed E-state index contributed by atoms with van der Waals surface area (Å²) in [7, 11) is -2.17. The van der Waals surface area contributed by atoms with E-state index in [1.807, 2.05) is 36.4 Å². The lowest BCUT2D eigenvalue weighted by molar-refractivity contribution is 0.503. The van der Waals surface area contributed by atoms with Crippen molar-refractivity contribution in [3.63, 3.8) is 0 Å². The molecule has 3 heteroatoms. The van der Waals surface area contributed by atoms with Crippen molar-refractivity contribution in [1.29, 1.82) is 0 Å². The Bertz CT molecular complexity index is 136. The molecule has 1 aromatic rings. The highest BCUT2D eigenvalue weighted by atomic mass is 32.3. The van der Waals surface area contributed by atoms with Gasteiger partial charge in [0.2, 0.25) is 0 Å². The molecule has 1 aromatic carbocycles. The Labute approximate surface area is 69.2 Å². The predicted octanol–water partition coefficient (Wildman–Crippen LogP) is 2.68. The number of hydrogen-bond donors (Lipinski definition) is 2. The minimum atomic E-state index is -2.17. The lowest BCUT2D eigenvalue weighted by atomic mass is 10.4. The fourth-order valence-corrected chi connectivity index (χ4v) is 0.385. The maximum Gasteiger partial charge on any atom is 0.0258 e. The smallest absolute Gasteiger partial charge is 0.0258 e. The standard InChI is InChI=1S/C6H6.C2H8O2S/c1-2-4-6-5-3-1;1-5(2,3)4/h1-6H;3-4H,1-2H3. The lowest BCUT2D eigenvalue weighted by Crippen LogP contribution is -1.85. The van der Waals surface area contributed by atoms with Crippen molar-refractivity contribution in [3.05, 3.63) is 36.4 Å². The zero-order valence-corrected chi connectivity index (χ0v) is 7.58. The number of hydrogen-bond acceptors (Lipinski definition) is 2. The molecule has 0 bridgehead atoms. The van der Waals surface area contributed by atoms with Crippen LogP contribution in [0.1, 0.15) is 0 Å². The van der Waals surface area contributed by atoms with E-state index in [9.17, 15) is 0 Å². The summed E-state index contributed by atoms with van der Waals surface area (Å²) in [5.41, 5.74) is 0. The first kappa shape index (κ1) is 10.5. The fraction of sp³-hybridized carbons (Fsp3) is 0.250. The van der Waals surface area contributed by atoms with Crippen LogP contribution in [0.4, 0.5) is 0 Å². The molecule has 11 heavy (non-hydrogen) atoms. The molecule has 0 aromatic heterocycles. The highest BCUT2D eigenvalue weighted by molar-refractivity contribution is 8.23. The first-order valence-corrected chi connectivity index (χ1v) is 5.54. The molecule has 0 atom stereocenters. The second-order valence-corrected chi connectivity index (χ2v) is 4.82. The molecular weight excluding hydrogens is 160 g/mol. The molecule has 0 amide bonds. The van der Waals surface area contributed by atoms with Gasteiger partial charge in [-0.1, -0.05) is 36.4 Å². The van der Waals surface area contributed by atoms with E-state index in [4.69, 9.17) is 9.11 Å². The molecule has 0 saturated heterocycles. The summed E-state index contributed by atoms with van der Waals surface area (Å²) in [5.74, 6) is 0. The number of benzene rings is 1. The monoisotopic (exact) mass is 174 g/mol. The van der Waals surface area contributed by atoms with Gasteiger partial charge in [-0.15, -0.1) is 0 Å². The average Bonchev–Trinajstić information content (AvgIpc) is 1.88. The summed E-state index contributed by atoms with van der Waals surface area (Å²) in [6, 6.07) is 12.0. The van der Waals surface area contributed by atoms with Crippen molar-refractivity contribution in [2.24, 2.45) is 0 Å². The maximum absolute atomic E-state index is 8.16. The molecule has 0 radical (unpaired) electrons. The van der Waals surface area contributed by atoms with Crippen LogP contribution in [0.15, 0.2) is 36.4 Å². The van der Waals surface area contributed by atoms with Crippen LogP contribution < -0.4 is 0 Å². The molecular formula is C8H14O2S. The summed E-state index contributed by atoms with van der Waals surface area (Å²) < 4.78 is 16.3. The highest BCUT2D eigenvalue weighted by Gasteiger charge is 1.84. The Morgan fingerprint density at radius 2 is 0.818 bits per heavy atom. The van der Waals surface area contributed by atoms with E-state index < -0.39 is 10.6 Å². The lowest BCUT2D eigenvalue weighted by Gasteiger charge is -2.18. The van der Waals surface area contributed by atoms with Gasteiger partial charge in [0.15, 0.2) is 0 Å². The molecule has 0 unspecified atom stereocenters. The Morgan fingerprint density at radius 3 is 0.909 bits per heavy atom. The Balaban J connectivity index is 0.000000187. The van der Waals surface area contributed by atoms with Gasteiger partial charge in [-0.05, 0) is 0 Å². The first-order valence-electron chi connectivity index (χ1n) is 3.18. The van der Waals surface area contributed by atoms with Crippen LogP contribution in [0.5, 0.6) is 0 Å². The van der Waals surface area contributed by atoms with E-state index in [1.54, 1.807) is 0 Å². The summed E-state index contributed by atoms with van der Waals surface area (Å²) in [6.45, 7) is 0. The second-order valence-electron chi connectivity index (χ2n) is 2.37. The third kappa shape index (κ3) is 17.7. The summed E-state index contributed by atoms with van der Waals surface area (Å²) in [6.07, 6.45) is 2.76. The molecule has 0 aliphatic carbocycles. The van der Waals surface area contributed by atoms with Crippen molar-refractivity contribution in [2.75, 3.05) is 12.5 Å². The van der Waals surface area contributed by atoms with Gasteiger partial charge in [0.25, 0.3) is 0 Å². The van der Waals surface area contributed by atoms with Crippen LogP contribution in [0.25, 0.3) is 0 Å². The molecule has 2 N–H and O–H groups in total. The zero-order chi connectivity index (χ0) is 8.74. The van der Waals surface area contributed by atoms with Gasteiger partial charge in [-0.3, -0.25) is 9.11 Å². The molecule has 0 heterocycles. The minimum absolute atomic E-state index is 1.38. The van der Waals surface area contributed by atoms with E-state index in [0.717, 1.165) is 0 Å². The van der Waals surface area contributed by atoms with Crippen LogP contribution >= 0.6 is 10.6 Å². The minimum Gasteiger partial charge on any atom is -0.300 e. The number of rotatable bonds is 0. The normalized spacial score (nSPS) is 11.3. The van der Waals surface area contributed by atoms with Crippen LogP contribution in [0, 0.1) is 0 Å². The van der Waals surface area contributed by atoms with Crippen molar-refractivity contribution in [2.45, 2.75) is 0 Å². The van der Waals surface area contributed by atoms with Crippen LogP contribution in [0.2, 0.25) is 0 Å². The fourth-order valence-electron chi connectivity index (χ4n) is 0.385. The van der Waals surface area contributed by atoms with Gasteiger partial charge in [-0.2, -0.15) is 0 Å². The molecule has 0 spiro atoms. The van der Waals surface area contributed by atoms with Crippen LogP contribution in [-0.4, -0.2) is 21.6 Å². The van der Waals surface area contributed by atoms with Crippen molar-refractivity contribution >= 4 is 10.6 Å². The summed E-state index contributed by atoms with van der Waals surface area (Å²) in [5, 5.41) is 0. The zero-order valence-electron chi connectivity index (χ0n) is 6.77. The largest absolute Gasteiger partial charge is 0.300 e. The van der Waals surface area contributed by atoms with Gasteiger partial charge in [0, 0.05) is 12.5 Å². The highest BCUT2D eigenvalue weighted by Crippen LogP contribution is 2.25. The SMILES string of the molecule is CS(C)(O)O.c1ccccc1. The van der Waals surface area contributed by atoms with Crippen LogP contribution in [0.3, 0.4) is 0 Å². The average molecular weight is 174 g/mol. The Morgan fingerprint density at radius 1 is 0.727 bits per heavy atom. The van der Waals surface area contributed by atoms with Crippen molar-refractivity contribution in [3.8, 4) is 0 Å². The van der Waals surface area contributed by atoms with Gasteiger partial charge < -0.3 is 0 Å². The molecule has 64 valence electrons. The first-order chi connectivity index (χ1) is 5.00. The molecule has 0 fully saturated rings. The quantitative estimate of drug-likeness (QED) is 0.635. The third-order valence-electron chi connectivity index (χ3n) is 0.667. The van der Waals surface area contributed by atoms with E-state index in [2.05, 4.69) is 0 Å². The van der Waals surface area contributed by atoms with Crippen molar-refractivity contribution in [1.82, 2.24) is 0 Å². The van der Waals surface area contributed by atoms with Gasteiger partial charge >= 0.3 is 0 Å². The van der Waals surface area contributed by atoms with Gasteiger partial charge in [0.1, 0.15) is 0 Å². The molecule has 0 aliphatic heterocycles.